The van der Waals surface area contributed by atoms with Crippen LogP contribution in [0.3, 0.4) is 0 Å². The number of ether oxygens (including phenoxy) is 4. The number of rotatable bonds is 60. The molecule has 10 heteroatoms. The molecular formula is C69H126N2O8. The van der Waals surface area contributed by atoms with Gasteiger partial charge in [-0.3, -0.25) is 19.2 Å². The van der Waals surface area contributed by atoms with Crippen molar-refractivity contribution in [1.82, 2.24) is 9.80 Å². The summed E-state index contributed by atoms with van der Waals surface area (Å²) in [5, 5.41) is 0. The summed E-state index contributed by atoms with van der Waals surface area (Å²) in [7, 11) is 0. The van der Waals surface area contributed by atoms with Crippen LogP contribution in [-0.4, -0.2) is 98.4 Å². The Morgan fingerprint density at radius 1 is 0.316 bits per heavy atom. The van der Waals surface area contributed by atoms with E-state index in [9.17, 15) is 19.2 Å². The SMILES string of the molecule is CCCCC/C=C\CCC(=O)OC(C/C=C\CCCCCCCCOC(=O)CCN(CCCN(CC)CC)CCC(=O)OCCCCCCCC/C=C\CC(CCCCCC)OC(=O)CC/C=C\CCCCC)CCCCCC. The lowest BCUT2D eigenvalue weighted by molar-refractivity contribution is -0.150. The van der Waals surface area contributed by atoms with E-state index in [4.69, 9.17) is 18.9 Å². The van der Waals surface area contributed by atoms with Crippen molar-refractivity contribution in [2.75, 3.05) is 52.5 Å². The Balaban J connectivity index is 4.41. The lowest BCUT2D eigenvalue weighted by atomic mass is 10.1. The van der Waals surface area contributed by atoms with Gasteiger partial charge in [-0.2, -0.15) is 0 Å². The van der Waals surface area contributed by atoms with Gasteiger partial charge in [-0.15, -0.1) is 0 Å². The third kappa shape index (κ3) is 55.1. The average molecular weight is 1110 g/mol. The maximum atomic E-state index is 12.8. The van der Waals surface area contributed by atoms with Gasteiger partial charge in [0.1, 0.15) is 12.2 Å². The fourth-order valence-electron chi connectivity index (χ4n) is 9.72. The van der Waals surface area contributed by atoms with E-state index in [1.807, 2.05) is 0 Å². The van der Waals surface area contributed by atoms with Gasteiger partial charge in [-0.05, 0) is 135 Å². The van der Waals surface area contributed by atoms with E-state index in [1.165, 1.54) is 103 Å². The van der Waals surface area contributed by atoms with E-state index in [0.29, 0.717) is 52.0 Å². The van der Waals surface area contributed by atoms with E-state index in [1.54, 1.807) is 0 Å². The predicted octanol–water partition coefficient (Wildman–Crippen LogP) is 18.8. The van der Waals surface area contributed by atoms with Crippen molar-refractivity contribution in [2.45, 2.75) is 317 Å². The number of allylic oxidation sites excluding steroid dienone is 6. The fraction of sp³-hybridized carbons (Fsp3) is 0.826. The zero-order chi connectivity index (χ0) is 57.8. The monoisotopic (exact) mass is 1110 g/mol. The second-order valence-corrected chi connectivity index (χ2v) is 22.3. The summed E-state index contributed by atoms with van der Waals surface area (Å²) in [6.07, 6.45) is 59.6. The molecule has 0 aliphatic rings. The Morgan fingerprint density at radius 2 is 0.646 bits per heavy atom. The molecule has 0 aliphatic heterocycles. The second-order valence-electron chi connectivity index (χ2n) is 22.3. The van der Waals surface area contributed by atoms with Crippen LogP contribution in [-0.2, 0) is 38.1 Å². The summed E-state index contributed by atoms with van der Waals surface area (Å²) in [6.45, 7) is 19.2. The number of hydrogen-bond acceptors (Lipinski definition) is 10. The molecule has 0 saturated heterocycles. The van der Waals surface area contributed by atoms with Crippen molar-refractivity contribution in [3.8, 4) is 0 Å². The van der Waals surface area contributed by atoms with Crippen molar-refractivity contribution >= 4 is 23.9 Å². The van der Waals surface area contributed by atoms with E-state index in [2.05, 4.69) is 100.0 Å². The Morgan fingerprint density at radius 3 is 1.05 bits per heavy atom. The van der Waals surface area contributed by atoms with E-state index in [0.717, 1.165) is 161 Å². The van der Waals surface area contributed by atoms with Crippen molar-refractivity contribution in [2.24, 2.45) is 0 Å². The number of hydrogen-bond donors (Lipinski definition) is 0. The second kappa shape index (κ2) is 60.8. The maximum absolute atomic E-state index is 12.8. The van der Waals surface area contributed by atoms with Gasteiger partial charge in [0, 0.05) is 38.8 Å². The third-order valence-electron chi connectivity index (χ3n) is 15.0. The Bertz CT molecular complexity index is 1390. The van der Waals surface area contributed by atoms with Crippen LogP contribution >= 0.6 is 0 Å². The molecule has 0 aromatic rings. The number of esters is 4. The molecule has 10 nitrogen and oxygen atoms in total. The van der Waals surface area contributed by atoms with Gasteiger partial charge in [0.05, 0.1) is 26.1 Å². The van der Waals surface area contributed by atoms with Crippen LogP contribution in [0.1, 0.15) is 305 Å². The van der Waals surface area contributed by atoms with Crippen LogP contribution in [0.2, 0.25) is 0 Å². The largest absolute Gasteiger partial charge is 0.466 e. The highest BCUT2D eigenvalue weighted by Gasteiger charge is 2.16. The predicted molar refractivity (Wildman–Crippen MR) is 334 cm³/mol. The molecule has 0 heterocycles. The van der Waals surface area contributed by atoms with Gasteiger partial charge in [0.25, 0.3) is 0 Å². The minimum atomic E-state index is -0.161. The Hall–Kier alpha value is -3.24. The molecule has 0 aromatic carbocycles. The molecule has 0 aliphatic carbocycles. The quantitative estimate of drug-likeness (QED) is 0.0253. The molecule has 2 unspecified atom stereocenters. The highest BCUT2D eigenvalue weighted by atomic mass is 16.6. The van der Waals surface area contributed by atoms with Crippen molar-refractivity contribution < 1.29 is 38.1 Å². The standard InChI is InChI=1S/C69H126N2O8/c1-7-13-17-21-29-37-45-54-68(74)78-64(50-41-19-15-9-3)52-43-35-31-25-23-27-33-39-47-62-76-66(72)56-60-71(59-49-58-70(11-5)12-6)61-57-67(73)77-63-48-40-34-28-24-26-32-36-44-53-65(51-42-20-16-10-4)79-69(75)55-46-38-30-22-18-14-8-2/h29-30,35-38,43-44,64-65H,7-28,31-34,39-42,45-63H2,1-6H3/b37-29-,38-30-,43-35-,44-36-. The number of unbranched alkanes of at least 4 members (excludes halogenated alkanes) is 24. The molecular weight excluding hydrogens is 985 g/mol. The first-order chi connectivity index (χ1) is 38.7. The Kier molecular flexibility index (Phi) is 58.4. The summed E-state index contributed by atoms with van der Waals surface area (Å²) in [6, 6.07) is 0. The minimum absolute atomic E-state index is 0.0198. The zero-order valence-corrected chi connectivity index (χ0v) is 52.6. The first-order valence-corrected chi connectivity index (χ1v) is 33.5. The topological polar surface area (TPSA) is 112 Å². The minimum Gasteiger partial charge on any atom is -0.466 e. The van der Waals surface area contributed by atoms with Crippen LogP contribution in [0.4, 0.5) is 0 Å². The molecule has 460 valence electrons. The summed E-state index contributed by atoms with van der Waals surface area (Å²) < 4.78 is 23.1. The first kappa shape index (κ1) is 75.8. The first-order valence-electron chi connectivity index (χ1n) is 33.5. The van der Waals surface area contributed by atoms with Gasteiger partial charge in [0.15, 0.2) is 0 Å². The third-order valence-corrected chi connectivity index (χ3v) is 15.0. The molecule has 0 N–H and O–H groups in total. The van der Waals surface area contributed by atoms with E-state index < -0.39 is 0 Å². The molecule has 0 spiro atoms. The van der Waals surface area contributed by atoms with E-state index >= 15 is 0 Å². The Labute approximate surface area is 487 Å². The normalized spacial score (nSPS) is 12.8. The van der Waals surface area contributed by atoms with Gasteiger partial charge < -0.3 is 28.7 Å². The molecule has 79 heavy (non-hydrogen) atoms. The van der Waals surface area contributed by atoms with Crippen LogP contribution in [0, 0.1) is 0 Å². The van der Waals surface area contributed by atoms with Crippen molar-refractivity contribution in [3.05, 3.63) is 48.6 Å². The lowest BCUT2D eigenvalue weighted by Gasteiger charge is -2.24. The molecule has 0 saturated carbocycles. The molecule has 0 amide bonds. The summed E-state index contributed by atoms with van der Waals surface area (Å²) in [5.41, 5.74) is 0. The van der Waals surface area contributed by atoms with Crippen LogP contribution in [0.15, 0.2) is 48.6 Å². The summed E-state index contributed by atoms with van der Waals surface area (Å²) >= 11 is 0. The molecule has 0 bridgehead atoms. The molecule has 2 atom stereocenters. The summed E-state index contributed by atoms with van der Waals surface area (Å²) in [5.74, 6) is -0.460. The van der Waals surface area contributed by atoms with Gasteiger partial charge >= 0.3 is 23.9 Å². The highest BCUT2D eigenvalue weighted by molar-refractivity contribution is 5.71. The fourth-order valence-corrected chi connectivity index (χ4v) is 9.72. The maximum Gasteiger partial charge on any atom is 0.307 e. The molecule has 0 aromatic heterocycles. The smallest absolute Gasteiger partial charge is 0.307 e. The van der Waals surface area contributed by atoms with Gasteiger partial charge in [-0.25, -0.2) is 0 Å². The average Bonchev–Trinajstić information content (AvgIpc) is 3.44. The van der Waals surface area contributed by atoms with Gasteiger partial charge in [0.2, 0.25) is 0 Å². The highest BCUT2D eigenvalue weighted by Crippen LogP contribution is 2.17. The molecule has 0 radical (unpaired) electrons. The van der Waals surface area contributed by atoms with Gasteiger partial charge in [-0.1, -0.05) is 206 Å². The zero-order valence-electron chi connectivity index (χ0n) is 52.6. The number of nitrogens with zero attached hydrogens (tertiary/aromatic N) is 2. The summed E-state index contributed by atoms with van der Waals surface area (Å²) in [4.78, 5) is 55.3. The van der Waals surface area contributed by atoms with Crippen molar-refractivity contribution in [3.63, 3.8) is 0 Å². The molecule has 0 fully saturated rings. The van der Waals surface area contributed by atoms with Crippen molar-refractivity contribution in [1.29, 1.82) is 0 Å². The van der Waals surface area contributed by atoms with Crippen LogP contribution in [0.25, 0.3) is 0 Å². The molecule has 0 rings (SSSR count). The van der Waals surface area contributed by atoms with E-state index in [-0.39, 0.29) is 36.1 Å². The van der Waals surface area contributed by atoms with Crippen LogP contribution < -0.4 is 0 Å². The number of carbonyl (C=O) groups excluding carboxylic acids is 4. The lowest BCUT2D eigenvalue weighted by Crippen LogP contribution is -2.33. The number of carbonyl (C=O) groups is 4. The van der Waals surface area contributed by atoms with Crippen LogP contribution in [0.5, 0.6) is 0 Å².